The molecule has 1 aliphatic heterocycles. The highest BCUT2D eigenvalue weighted by atomic mass is 16.5. The van der Waals surface area contributed by atoms with Crippen molar-refractivity contribution < 1.29 is 9.84 Å². The van der Waals surface area contributed by atoms with Crippen LogP contribution in [0.4, 0.5) is 0 Å². The molecule has 1 N–H and O–H groups in total. The van der Waals surface area contributed by atoms with E-state index < -0.39 is 11.7 Å². The molecule has 0 radical (unpaired) electrons. The van der Waals surface area contributed by atoms with E-state index in [0.717, 1.165) is 6.42 Å². The third-order valence-corrected chi connectivity index (χ3v) is 3.19. The molecule has 86 valence electrons. The Bertz CT molecular complexity index is 430. The lowest BCUT2D eigenvalue weighted by atomic mass is 9.86. The number of hydrogen-bond donors (Lipinski definition) is 1. The summed E-state index contributed by atoms with van der Waals surface area (Å²) in [4.78, 5) is 11.9. The van der Waals surface area contributed by atoms with Gasteiger partial charge >= 0.3 is 0 Å². The predicted molar refractivity (Wildman–Crippen MR) is 61.3 cm³/mol. The first-order valence-corrected chi connectivity index (χ1v) is 5.56. The van der Waals surface area contributed by atoms with E-state index in [2.05, 4.69) is 0 Å². The fourth-order valence-electron chi connectivity index (χ4n) is 2.13. The molecular weight excluding hydrogens is 204 g/mol. The maximum absolute atomic E-state index is 11.9. The van der Waals surface area contributed by atoms with Gasteiger partial charge in [-0.15, -0.1) is 0 Å². The topological polar surface area (TPSA) is 46.5 Å². The summed E-state index contributed by atoms with van der Waals surface area (Å²) in [6, 6.07) is 8.53. The van der Waals surface area contributed by atoms with E-state index in [0.29, 0.717) is 18.6 Å². The number of rotatable bonds is 1. The maximum Gasteiger partial charge on any atom is 0.184 e. The molecule has 3 heteroatoms. The van der Waals surface area contributed by atoms with Crippen LogP contribution in [0.25, 0.3) is 0 Å². The number of hydrogen-bond acceptors (Lipinski definition) is 3. The van der Waals surface area contributed by atoms with Crippen LogP contribution in [-0.2, 0) is 10.3 Å². The largest absolute Gasteiger partial charge is 0.390 e. The van der Waals surface area contributed by atoms with E-state index in [1.165, 1.54) is 6.07 Å². The minimum atomic E-state index is -0.867. The SMILES string of the molecule is CC1(c2cccccc2=O)OCCCC1O. The molecule has 1 aromatic carbocycles. The van der Waals surface area contributed by atoms with E-state index in [9.17, 15) is 9.90 Å². The number of aliphatic hydroxyl groups excluding tert-OH is 1. The van der Waals surface area contributed by atoms with Gasteiger partial charge in [-0.1, -0.05) is 24.3 Å². The Morgan fingerprint density at radius 3 is 2.88 bits per heavy atom. The van der Waals surface area contributed by atoms with E-state index in [1.807, 2.05) is 0 Å². The van der Waals surface area contributed by atoms with Gasteiger partial charge in [-0.2, -0.15) is 0 Å². The molecule has 0 aliphatic carbocycles. The standard InChI is InChI=1S/C13H16O3/c1-13(12(15)8-5-9-16-13)10-6-3-2-4-7-11(10)14/h2-4,6-7,12,15H,5,8-9H2,1H3. The smallest absolute Gasteiger partial charge is 0.184 e. The summed E-state index contributed by atoms with van der Waals surface area (Å²) < 4.78 is 5.64. The number of aliphatic hydroxyl groups is 1. The molecule has 0 amide bonds. The Morgan fingerprint density at radius 1 is 1.38 bits per heavy atom. The minimum absolute atomic E-state index is 0.0894. The molecule has 3 nitrogen and oxygen atoms in total. The lowest BCUT2D eigenvalue weighted by Crippen LogP contribution is -2.45. The summed E-state index contributed by atoms with van der Waals surface area (Å²) in [7, 11) is 0. The van der Waals surface area contributed by atoms with E-state index in [1.54, 1.807) is 31.2 Å². The average molecular weight is 220 g/mol. The first-order valence-electron chi connectivity index (χ1n) is 5.56. The third kappa shape index (κ3) is 1.88. The van der Waals surface area contributed by atoms with Crippen molar-refractivity contribution in [1.29, 1.82) is 0 Å². The summed E-state index contributed by atoms with van der Waals surface area (Å²) in [5.41, 5.74) is -0.424. The third-order valence-electron chi connectivity index (χ3n) is 3.19. The summed E-state index contributed by atoms with van der Waals surface area (Å²) in [6.45, 7) is 2.37. The summed E-state index contributed by atoms with van der Waals surface area (Å²) in [5.74, 6) is 0. The fourth-order valence-corrected chi connectivity index (χ4v) is 2.13. The average Bonchev–Trinajstić information content (AvgIpc) is 2.48. The summed E-state index contributed by atoms with van der Waals surface area (Å²) in [5, 5.41) is 10.0. The summed E-state index contributed by atoms with van der Waals surface area (Å²) >= 11 is 0. The van der Waals surface area contributed by atoms with E-state index >= 15 is 0 Å². The molecule has 0 saturated carbocycles. The molecule has 1 aliphatic rings. The molecule has 0 aromatic heterocycles. The highest BCUT2D eigenvalue weighted by Crippen LogP contribution is 2.32. The molecule has 1 fully saturated rings. The van der Waals surface area contributed by atoms with Crippen molar-refractivity contribution in [3.63, 3.8) is 0 Å². The molecule has 2 atom stereocenters. The normalized spacial score (nSPS) is 30.0. The molecule has 16 heavy (non-hydrogen) atoms. The van der Waals surface area contributed by atoms with Gasteiger partial charge in [-0.3, -0.25) is 4.79 Å². The van der Waals surface area contributed by atoms with Gasteiger partial charge in [-0.25, -0.2) is 0 Å². The second kappa shape index (κ2) is 4.36. The lowest BCUT2D eigenvalue weighted by molar-refractivity contribution is -0.150. The van der Waals surface area contributed by atoms with Gasteiger partial charge in [0.05, 0.1) is 6.10 Å². The second-order valence-corrected chi connectivity index (χ2v) is 4.30. The van der Waals surface area contributed by atoms with Crippen molar-refractivity contribution in [1.82, 2.24) is 0 Å². The van der Waals surface area contributed by atoms with Crippen LogP contribution in [0.2, 0.25) is 0 Å². The van der Waals surface area contributed by atoms with Crippen LogP contribution in [0.3, 0.4) is 0 Å². The van der Waals surface area contributed by atoms with Gasteiger partial charge in [0, 0.05) is 12.2 Å². The highest BCUT2D eigenvalue weighted by molar-refractivity contribution is 5.23. The van der Waals surface area contributed by atoms with Crippen molar-refractivity contribution >= 4 is 0 Å². The van der Waals surface area contributed by atoms with Crippen molar-refractivity contribution in [2.75, 3.05) is 6.61 Å². The number of ether oxygens (including phenoxy) is 1. The van der Waals surface area contributed by atoms with Gasteiger partial charge in [0.2, 0.25) is 0 Å². The van der Waals surface area contributed by atoms with Crippen LogP contribution in [0, 0.1) is 0 Å². The van der Waals surface area contributed by atoms with Crippen molar-refractivity contribution in [2.24, 2.45) is 0 Å². The molecule has 0 spiro atoms. The zero-order chi connectivity index (χ0) is 11.6. The molecular formula is C13H16O3. The van der Waals surface area contributed by atoms with E-state index in [4.69, 9.17) is 4.74 Å². The Balaban J connectivity index is 2.50. The first kappa shape index (κ1) is 11.3. The molecule has 2 rings (SSSR count). The molecule has 1 aromatic rings. The Hall–Kier alpha value is -1.19. The van der Waals surface area contributed by atoms with Crippen molar-refractivity contribution in [2.45, 2.75) is 31.5 Å². The van der Waals surface area contributed by atoms with Crippen molar-refractivity contribution in [3.05, 3.63) is 46.1 Å². The predicted octanol–water partition coefficient (Wildman–Crippen LogP) is 1.43. The fraction of sp³-hybridized carbons (Fsp3) is 0.462. The maximum atomic E-state index is 11.9. The Morgan fingerprint density at radius 2 is 2.12 bits per heavy atom. The quantitative estimate of drug-likeness (QED) is 0.778. The second-order valence-electron chi connectivity index (χ2n) is 4.30. The van der Waals surface area contributed by atoms with Gasteiger partial charge in [0.1, 0.15) is 5.60 Å². The Kier molecular flexibility index (Phi) is 3.08. The van der Waals surface area contributed by atoms with Crippen LogP contribution in [0.5, 0.6) is 0 Å². The first-order chi connectivity index (χ1) is 7.64. The highest BCUT2D eigenvalue weighted by Gasteiger charge is 2.39. The minimum Gasteiger partial charge on any atom is -0.390 e. The molecule has 1 heterocycles. The van der Waals surface area contributed by atoms with E-state index in [-0.39, 0.29) is 5.43 Å². The van der Waals surface area contributed by atoms with Crippen LogP contribution >= 0.6 is 0 Å². The molecule has 2 unspecified atom stereocenters. The monoisotopic (exact) mass is 220 g/mol. The van der Waals surface area contributed by atoms with Gasteiger partial charge in [0.15, 0.2) is 5.43 Å². The van der Waals surface area contributed by atoms with Gasteiger partial charge in [0.25, 0.3) is 0 Å². The van der Waals surface area contributed by atoms with Gasteiger partial charge < -0.3 is 9.84 Å². The van der Waals surface area contributed by atoms with Crippen LogP contribution in [-0.4, -0.2) is 17.8 Å². The zero-order valence-corrected chi connectivity index (χ0v) is 9.35. The Labute approximate surface area is 94.7 Å². The van der Waals surface area contributed by atoms with Crippen LogP contribution < -0.4 is 5.43 Å². The van der Waals surface area contributed by atoms with Crippen LogP contribution in [0.1, 0.15) is 25.3 Å². The van der Waals surface area contributed by atoms with Crippen LogP contribution in [0.15, 0.2) is 35.1 Å². The molecule has 0 bridgehead atoms. The lowest BCUT2D eigenvalue weighted by Gasteiger charge is -2.38. The van der Waals surface area contributed by atoms with Gasteiger partial charge in [-0.05, 0) is 25.8 Å². The molecule has 1 saturated heterocycles. The van der Waals surface area contributed by atoms with Crippen molar-refractivity contribution in [3.8, 4) is 0 Å². The summed E-state index contributed by atoms with van der Waals surface area (Å²) in [6.07, 6.45) is 0.898. The zero-order valence-electron chi connectivity index (χ0n) is 9.35.